The Morgan fingerprint density at radius 2 is 1.84 bits per heavy atom. The minimum Gasteiger partial charge on any atom is -0.441 e. The average molecular weight is 252 g/mol. The Labute approximate surface area is 112 Å². The molecule has 0 atom stereocenters. The second-order valence-corrected chi connectivity index (χ2v) is 4.82. The molecule has 96 valence electrons. The number of rotatable bonds is 3. The van der Waals surface area contributed by atoms with Crippen LogP contribution in [0.3, 0.4) is 0 Å². The fourth-order valence-corrected chi connectivity index (χ4v) is 2.13. The molecule has 3 rings (SSSR count). The van der Waals surface area contributed by atoms with Crippen LogP contribution in [-0.4, -0.2) is 4.98 Å². The molecule has 3 heteroatoms. The molecule has 0 aliphatic rings. The van der Waals surface area contributed by atoms with Crippen LogP contribution < -0.4 is 5.73 Å². The van der Waals surface area contributed by atoms with Gasteiger partial charge < -0.3 is 10.2 Å². The first kappa shape index (κ1) is 11.8. The van der Waals surface area contributed by atoms with Crippen LogP contribution in [0.4, 0.5) is 5.69 Å². The molecular weight excluding hydrogens is 236 g/mol. The molecular formula is C16H16N2O. The molecule has 3 aromatic rings. The van der Waals surface area contributed by atoms with Crippen LogP contribution in [0.15, 0.2) is 46.9 Å². The number of hydrogen-bond acceptors (Lipinski definition) is 3. The first-order valence-corrected chi connectivity index (χ1v) is 6.41. The van der Waals surface area contributed by atoms with Crippen molar-refractivity contribution in [1.29, 1.82) is 0 Å². The van der Waals surface area contributed by atoms with Crippen molar-refractivity contribution < 1.29 is 4.42 Å². The van der Waals surface area contributed by atoms with Crippen molar-refractivity contribution in [2.75, 3.05) is 5.73 Å². The highest BCUT2D eigenvalue weighted by Crippen LogP contribution is 2.18. The predicted molar refractivity (Wildman–Crippen MR) is 77.0 cm³/mol. The standard InChI is InChI=1S/C16H16N2O/c1-11-2-8-15-14(10-11)18-16(19-15)9-5-12-3-6-13(17)7-4-12/h2-4,6-8,10H,5,9,17H2,1H3. The number of nitrogens with zero attached hydrogens (tertiary/aromatic N) is 1. The van der Waals surface area contributed by atoms with Crippen LogP contribution in [0.1, 0.15) is 17.0 Å². The van der Waals surface area contributed by atoms with Gasteiger partial charge in [-0.1, -0.05) is 18.2 Å². The molecule has 0 saturated heterocycles. The van der Waals surface area contributed by atoms with Crippen molar-refractivity contribution in [3.63, 3.8) is 0 Å². The topological polar surface area (TPSA) is 52.0 Å². The summed E-state index contributed by atoms with van der Waals surface area (Å²) in [6.45, 7) is 2.06. The molecule has 1 heterocycles. The normalized spacial score (nSPS) is 11.0. The van der Waals surface area contributed by atoms with E-state index in [-0.39, 0.29) is 0 Å². The van der Waals surface area contributed by atoms with E-state index in [0.29, 0.717) is 0 Å². The highest BCUT2D eigenvalue weighted by atomic mass is 16.3. The van der Waals surface area contributed by atoms with Gasteiger partial charge in [-0.25, -0.2) is 4.98 Å². The molecule has 0 aliphatic heterocycles. The largest absolute Gasteiger partial charge is 0.441 e. The van der Waals surface area contributed by atoms with E-state index in [1.54, 1.807) is 0 Å². The molecule has 0 aliphatic carbocycles. The van der Waals surface area contributed by atoms with Gasteiger partial charge in [0.1, 0.15) is 5.52 Å². The summed E-state index contributed by atoms with van der Waals surface area (Å²) < 4.78 is 5.73. The van der Waals surface area contributed by atoms with Gasteiger partial charge in [-0.15, -0.1) is 0 Å². The van der Waals surface area contributed by atoms with E-state index in [1.165, 1.54) is 11.1 Å². The molecule has 3 nitrogen and oxygen atoms in total. The lowest BCUT2D eigenvalue weighted by atomic mass is 10.1. The third kappa shape index (κ3) is 2.60. The predicted octanol–water partition coefficient (Wildman–Crippen LogP) is 3.50. The van der Waals surface area contributed by atoms with Crippen molar-refractivity contribution in [3.8, 4) is 0 Å². The molecule has 0 saturated carbocycles. The lowest BCUT2D eigenvalue weighted by Gasteiger charge is -1.99. The summed E-state index contributed by atoms with van der Waals surface area (Å²) in [6.07, 6.45) is 1.71. The molecule has 0 bridgehead atoms. The molecule has 0 fully saturated rings. The first-order chi connectivity index (χ1) is 9.20. The monoisotopic (exact) mass is 252 g/mol. The summed E-state index contributed by atoms with van der Waals surface area (Å²) in [4.78, 5) is 4.51. The lowest BCUT2D eigenvalue weighted by molar-refractivity contribution is 0.528. The van der Waals surface area contributed by atoms with Crippen molar-refractivity contribution in [1.82, 2.24) is 4.98 Å². The van der Waals surface area contributed by atoms with E-state index in [0.717, 1.165) is 35.5 Å². The van der Waals surface area contributed by atoms with E-state index in [2.05, 4.69) is 11.9 Å². The van der Waals surface area contributed by atoms with E-state index in [4.69, 9.17) is 10.2 Å². The fraction of sp³-hybridized carbons (Fsp3) is 0.188. The van der Waals surface area contributed by atoms with E-state index >= 15 is 0 Å². The molecule has 2 N–H and O–H groups in total. The molecule has 1 aromatic heterocycles. The number of anilines is 1. The molecule has 2 aromatic carbocycles. The van der Waals surface area contributed by atoms with Gasteiger partial charge in [-0.2, -0.15) is 0 Å². The molecule has 0 unspecified atom stereocenters. The second-order valence-electron chi connectivity index (χ2n) is 4.82. The smallest absolute Gasteiger partial charge is 0.195 e. The van der Waals surface area contributed by atoms with Crippen LogP contribution in [0.25, 0.3) is 11.1 Å². The van der Waals surface area contributed by atoms with Crippen LogP contribution in [0, 0.1) is 6.92 Å². The third-order valence-corrected chi connectivity index (χ3v) is 3.19. The summed E-state index contributed by atoms with van der Waals surface area (Å²) in [5.41, 5.74) is 10.7. The van der Waals surface area contributed by atoms with Gasteiger partial charge in [0.15, 0.2) is 11.5 Å². The second kappa shape index (κ2) is 4.76. The number of nitrogen functional groups attached to an aromatic ring is 1. The molecule has 0 spiro atoms. The number of fused-ring (bicyclic) bond motifs is 1. The zero-order chi connectivity index (χ0) is 13.2. The Kier molecular flexibility index (Phi) is 2.95. The molecule has 19 heavy (non-hydrogen) atoms. The maximum atomic E-state index is 5.73. The highest BCUT2D eigenvalue weighted by molar-refractivity contribution is 5.73. The number of hydrogen-bond donors (Lipinski definition) is 1. The average Bonchev–Trinajstić information content (AvgIpc) is 2.80. The van der Waals surface area contributed by atoms with Gasteiger partial charge in [0.25, 0.3) is 0 Å². The zero-order valence-electron chi connectivity index (χ0n) is 10.9. The number of aryl methyl sites for hydroxylation is 3. The number of aromatic nitrogens is 1. The Hall–Kier alpha value is -2.29. The van der Waals surface area contributed by atoms with Crippen molar-refractivity contribution in [2.45, 2.75) is 19.8 Å². The Morgan fingerprint density at radius 1 is 1.05 bits per heavy atom. The Bertz CT molecular complexity index is 698. The maximum absolute atomic E-state index is 5.73. The van der Waals surface area contributed by atoms with Crippen LogP contribution in [0.5, 0.6) is 0 Å². The van der Waals surface area contributed by atoms with Gasteiger partial charge in [0.2, 0.25) is 0 Å². The minimum absolute atomic E-state index is 0.789. The van der Waals surface area contributed by atoms with Gasteiger partial charge in [0, 0.05) is 12.1 Å². The maximum Gasteiger partial charge on any atom is 0.195 e. The fourth-order valence-electron chi connectivity index (χ4n) is 2.13. The van der Waals surface area contributed by atoms with Gasteiger partial charge >= 0.3 is 0 Å². The van der Waals surface area contributed by atoms with Gasteiger partial charge in [0.05, 0.1) is 0 Å². The van der Waals surface area contributed by atoms with E-state index in [1.807, 2.05) is 42.5 Å². The lowest BCUT2D eigenvalue weighted by Crippen LogP contribution is -1.92. The Balaban J connectivity index is 1.76. The van der Waals surface area contributed by atoms with Gasteiger partial charge in [-0.3, -0.25) is 0 Å². The Morgan fingerprint density at radius 3 is 2.63 bits per heavy atom. The quantitative estimate of drug-likeness (QED) is 0.726. The van der Waals surface area contributed by atoms with Crippen molar-refractivity contribution in [2.24, 2.45) is 0 Å². The summed E-state index contributed by atoms with van der Waals surface area (Å²) in [7, 11) is 0. The SMILES string of the molecule is Cc1ccc2oc(CCc3ccc(N)cc3)nc2c1. The van der Waals surface area contributed by atoms with Crippen molar-refractivity contribution in [3.05, 3.63) is 59.5 Å². The highest BCUT2D eigenvalue weighted by Gasteiger charge is 2.06. The van der Waals surface area contributed by atoms with Gasteiger partial charge in [-0.05, 0) is 48.7 Å². The summed E-state index contributed by atoms with van der Waals surface area (Å²) in [5.74, 6) is 0.789. The van der Waals surface area contributed by atoms with Crippen molar-refractivity contribution >= 4 is 16.8 Å². The summed E-state index contributed by atoms with van der Waals surface area (Å²) >= 11 is 0. The van der Waals surface area contributed by atoms with Crippen LogP contribution >= 0.6 is 0 Å². The minimum atomic E-state index is 0.789. The molecule has 0 radical (unpaired) electrons. The number of benzene rings is 2. The molecule has 0 amide bonds. The number of nitrogens with two attached hydrogens (primary N) is 1. The zero-order valence-corrected chi connectivity index (χ0v) is 10.9. The van der Waals surface area contributed by atoms with Crippen LogP contribution in [0.2, 0.25) is 0 Å². The summed E-state index contributed by atoms with van der Waals surface area (Å²) in [6, 6.07) is 14.0. The first-order valence-electron chi connectivity index (χ1n) is 6.41. The van der Waals surface area contributed by atoms with E-state index in [9.17, 15) is 0 Å². The van der Waals surface area contributed by atoms with E-state index < -0.39 is 0 Å². The number of oxazole rings is 1. The van der Waals surface area contributed by atoms with Crippen LogP contribution in [-0.2, 0) is 12.8 Å². The third-order valence-electron chi connectivity index (χ3n) is 3.19. The summed E-state index contributed by atoms with van der Waals surface area (Å²) in [5, 5.41) is 0.